The third kappa shape index (κ3) is 2.08. The van der Waals surface area contributed by atoms with Gasteiger partial charge >= 0.3 is 0 Å². The second kappa shape index (κ2) is 5.72. The number of amides is 2. The van der Waals surface area contributed by atoms with Gasteiger partial charge < -0.3 is 10.2 Å². The normalized spacial score (nSPS) is 31.7. The van der Waals surface area contributed by atoms with E-state index < -0.39 is 28.6 Å². The summed E-state index contributed by atoms with van der Waals surface area (Å²) in [6.07, 6.45) is 4.37. The minimum atomic E-state index is -1.89. The highest BCUT2D eigenvalue weighted by Gasteiger charge is 2.64. The van der Waals surface area contributed by atoms with Gasteiger partial charge in [-0.2, -0.15) is 0 Å². The molecule has 2 unspecified atom stereocenters. The summed E-state index contributed by atoms with van der Waals surface area (Å²) in [6.45, 7) is 1.91. The second-order valence-electron chi connectivity index (χ2n) is 7.69. The van der Waals surface area contributed by atoms with Crippen LogP contribution in [0.4, 0.5) is 0 Å². The minimum absolute atomic E-state index is 0.124. The monoisotopic (exact) mass is 395 g/mol. The van der Waals surface area contributed by atoms with Crippen molar-refractivity contribution in [3.05, 3.63) is 44.6 Å². The van der Waals surface area contributed by atoms with E-state index in [2.05, 4.69) is 5.32 Å². The standard InChI is InChI=1S/C19H19Cl2NO4/c1-18(10-4-2-3-5-10)8-9-6-7-11(20)14(21)12(9)19(18,26)13-15(23)17(25)22-16(13)24/h6-7,10,26H,2-5,8H2,1H3,(H2,22,23,24,25). The average molecular weight is 396 g/mol. The van der Waals surface area contributed by atoms with E-state index in [0.717, 1.165) is 31.2 Å². The number of halogens is 2. The molecule has 26 heavy (non-hydrogen) atoms. The maximum Gasteiger partial charge on any atom is 0.293 e. The van der Waals surface area contributed by atoms with Crippen molar-refractivity contribution in [2.24, 2.45) is 11.3 Å². The summed E-state index contributed by atoms with van der Waals surface area (Å²) in [5.41, 5.74) is -1.89. The molecule has 0 bridgehead atoms. The molecule has 1 aromatic carbocycles. The Morgan fingerprint density at radius 1 is 1.15 bits per heavy atom. The van der Waals surface area contributed by atoms with Gasteiger partial charge in [0, 0.05) is 11.0 Å². The topological polar surface area (TPSA) is 86.6 Å². The van der Waals surface area contributed by atoms with Crippen LogP contribution in [0.2, 0.25) is 10.0 Å². The van der Waals surface area contributed by atoms with Gasteiger partial charge in [-0.15, -0.1) is 0 Å². The first-order valence-electron chi connectivity index (χ1n) is 8.71. The van der Waals surface area contributed by atoms with Crippen LogP contribution >= 0.6 is 23.2 Å². The first-order chi connectivity index (χ1) is 12.2. The Labute approximate surface area is 161 Å². The van der Waals surface area contributed by atoms with Crippen LogP contribution in [0.15, 0.2) is 23.5 Å². The molecule has 7 heteroatoms. The Hall–Kier alpha value is -1.56. The van der Waals surface area contributed by atoms with Crippen LogP contribution in [-0.2, 0) is 21.6 Å². The average Bonchev–Trinajstić information content (AvgIpc) is 3.25. The Morgan fingerprint density at radius 3 is 2.38 bits per heavy atom. The number of benzene rings is 1. The molecule has 1 fully saturated rings. The summed E-state index contributed by atoms with van der Waals surface area (Å²) in [6, 6.07) is 3.46. The predicted molar refractivity (Wildman–Crippen MR) is 96.9 cm³/mol. The maximum atomic E-state index is 12.5. The highest BCUT2D eigenvalue weighted by Crippen LogP contribution is 2.63. The molecule has 2 atom stereocenters. The lowest BCUT2D eigenvalue weighted by atomic mass is 9.62. The molecule has 1 heterocycles. The fourth-order valence-corrected chi connectivity index (χ4v) is 5.61. The van der Waals surface area contributed by atoms with E-state index in [4.69, 9.17) is 23.2 Å². The van der Waals surface area contributed by atoms with Crippen molar-refractivity contribution in [1.29, 1.82) is 0 Å². The highest BCUT2D eigenvalue weighted by atomic mass is 35.5. The molecule has 0 spiro atoms. The molecule has 2 aliphatic carbocycles. The maximum absolute atomic E-state index is 12.5. The number of carbonyl (C=O) groups excluding carboxylic acids is 2. The van der Waals surface area contributed by atoms with Gasteiger partial charge in [0.15, 0.2) is 5.76 Å². The fourth-order valence-electron chi connectivity index (χ4n) is 5.13. The third-order valence-electron chi connectivity index (χ3n) is 6.45. The molecule has 1 saturated carbocycles. The van der Waals surface area contributed by atoms with Crippen LogP contribution in [0.1, 0.15) is 43.7 Å². The van der Waals surface area contributed by atoms with Crippen molar-refractivity contribution in [2.45, 2.75) is 44.6 Å². The summed E-state index contributed by atoms with van der Waals surface area (Å²) in [5, 5.41) is 24.8. The number of rotatable bonds is 2. The summed E-state index contributed by atoms with van der Waals surface area (Å²) >= 11 is 12.6. The number of fused-ring (bicyclic) bond motifs is 1. The molecule has 3 aliphatic rings. The fraction of sp³-hybridized carbons (Fsp3) is 0.474. The largest absolute Gasteiger partial charge is 0.503 e. The van der Waals surface area contributed by atoms with E-state index in [1.54, 1.807) is 12.1 Å². The lowest BCUT2D eigenvalue weighted by Gasteiger charge is -2.45. The second-order valence-corrected chi connectivity index (χ2v) is 8.47. The van der Waals surface area contributed by atoms with Crippen LogP contribution in [0.25, 0.3) is 0 Å². The van der Waals surface area contributed by atoms with Gasteiger partial charge in [0.05, 0.1) is 10.0 Å². The van der Waals surface area contributed by atoms with Gasteiger partial charge in [-0.05, 0) is 36.8 Å². The highest BCUT2D eigenvalue weighted by molar-refractivity contribution is 6.42. The molecule has 1 aliphatic heterocycles. The Morgan fingerprint density at radius 2 is 1.81 bits per heavy atom. The Bertz CT molecular complexity index is 875. The van der Waals surface area contributed by atoms with Gasteiger partial charge in [-0.25, -0.2) is 0 Å². The minimum Gasteiger partial charge on any atom is -0.503 e. The Balaban J connectivity index is 2.03. The molecule has 3 N–H and O–H groups in total. The van der Waals surface area contributed by atoms with E-state index in [1.165, 1.54) is 0 Å². The summed E-state index contributed by atoms with van der Waals surface area (Å²) in [4.78, 5) is 24.4. The van der Waals surface area contributed by atoms with Crippen molar-refractivity contribution in [1.82, 2.24) is 5.32 Å². The van der Waals surface area contributed by atoms with E-state index >= 15 is 0 Å². The van der Waals surface area contributed by atoms with Gasteiger partial charge in [0.2, 0.25) is 0 Å². The van der Waals surface area contributed by atoms with E-state index in [1.807, 2.05) is 6.92 Å². The predicted octanol–water partition coefficient (Wildman–Crippen LogP) is 3.40. The molecule has 2 amide bonds. The Kier molecular flexibility index (Phi) is 3.92. The van der Waals surface area contributed by atoms with Gasteiger partial charge in [0.25, 0.3) is 11.8 Å². The number of imide groups is 1. The quantitative estimate of drug-likeness (QED) is 0.669. The number of hydrogen-bond acceptors (Lipinski definition) is 4. The van der Waals surface area contributed by atoms with Crippen LogP contribution in [0.5, 0.6) is 0 Å². The summed E-state index contributed by atoms with van der Waals surface area (Å²) in [7, 11) is 0. The van der Waals surface area contributed by atoms with E-state index in [9.17, 15) is 19.8 Å². The SMILES string of the molecule is CC1(C2CCCC2)Cc2ccc(Cl)c(Cl)c2C1(O)C1=C(O)C(=O)NC1=O. The van der Waals surface area contributed by atoms with Crippen molar-refractivity contribution in [3.63, 3.8) is 0 Å². The van der Waals surface area contributed by atoms with Gasteiger partial charge in [-0.1, -0.05) is 49.0 Å². The molecule has 4 rings (SSSR count). The van der Waals surface area contributed by atoms with Crippen molar-refractivity contribution in [3.8, 4) is 0 Å². The van der Waals surface area contributed by atoms with Crippen LogP contribution in [-0.4, -0.2) is 22.0 Å². The molecule has 138 valence electrons. The number of aliphatic hydroxyl groups excluding tert-OH is 1. The number of aliphatic hydroxyl groups is 2. The van der Waals surface area contributed by atoms with Crippen LogP contribution < -0.4 is 5.32 Å². The van der Waals surface area contributed by atoms with Crippen molar-refractivity contribution < 1.29 is 19.8 Å². The van der Waals surface area contributed by atoms with E-state index in [0.29, 0.717) is 12.0 Å². The molecular weight excluding hydrogens is 377 g/mol. The lowest BCUT2D eigenvalue weighted by Crippen LogP contribution is -2.49. The third-order valence-corrected chi connectivity index (χ3v) is 7.26. The lowest BCUT2D eigenvalue weighted by molar-refractivity contribution is -0.127. The first kappa shape index (κ1) is 17.8. The zero-order chi connectivity index (χ0) is 18.9. The zero-order valence-electron chi connectivity index (χ0n) is 14.2. The number of nitrogens with one attached hydrogen (secondary N) is 1. The van der Waals surface area contributed by atoms with Gasteiger partial charge in [0.1, 0.15) is 11.2 Å². The van der Waals surface area contributed by atoms with E-state index in [-0.39, 0.29) is 21.5 Å². The zero-order valence-corrected chi connectivity index (χ0v) is 15.7. The first-order valence-corrected chi connectivity index (χ1v) is 9.46. The summed E-state index contributed by atoms with van der Waals surface area (Å²) in [5.74, 6) is -2.31. The molecule has 0 radical (unpaired) electrons. The van der Waals surface area contributed by atoms with Crippen LogP contribution in [0.3, 0.4) is 0 Å². The smallest absolute Gasteiger partial charge is 0.293 e. The van der Waals surface area contributed by atoms with Gasteiger partial charge in [-0.3, -0.25) is 14.9 Å². The number of hydrogen-bond donors (Lipinski definition) is 3. The number of carbonyl (C=O) groups is 2. The van der Waals surface area contributed by atoms with Crippen molar-refractivity contribution >= 4 is 35.0 Å². The molecule has 5 nitrogen and oxygen atoms in total. The molecule has 0 aromatic heterocycles. The molecule has 1 aromatic rings. The van der Waals surface area contributed by atoms with Crippen molar-refractivity contribution in [2.75, 3.05) is 0 Å². The van der Waals surface area contributed by atoms with Crippen LogP contribution in [0, 0.1) is 11.3 Å². The summed E-state index contributed by atoms with van der Waals surface area (Å²) < 4.78 is 0. The molecular formula is C19H19Cl2NO4. The molecule has 0 saturated heterocycles.